The van der Waals surface area contributed by atoms with Gasteiger partial charge in [-0.05, 0) is 36.8 Å². The number of rotatable bonds is 4. The number of nitrogens with zero attached hydrogens (tertiary/aromatic N) is 2. The Morgan fingerprint density at radius 3 is 2.71 bits per heavy atom. The molecule has 0 atom stereocenters. The number of hydrogen-bond acceptors (Lipinski definition) is 2. The minimum atomic E-state index is 0.0940. The van der Waals surface area contributed by atoms with Crippen LogP contribution in [0, 0.1) is 5.92 Å². The first-order chi connectivity index (χ1) is 13.6. The lowest BCUT2D eigenvalue weighted by atomic mass is 9.99. The number of carbonyl (C=O) groups excluding carboxylic acids is 1. The lowest BCUT2D eigenvalue weighted by Crippen LogP contribution is -2.50. The van der Waals surface area contributed by atoms with Crippen LogP contribution in [0.15, 0.2) is 36.5 Å². The van der Waals surface area contributed by atoms with E-state index in [4.69, 9.17) is 0 Å². The second-order valence-corrected chi connectivity index (χ2v) is 8.59. The van der Waals surface area contributed by atoms with Gasteiger partial charge in [-0.3, -0.25) is 0 Å². The van der Waals surface area contributed by atoms with E-state index in [0.717, 1.165) is 45.4 Å². The molecule has 0 radical (unpaired) electrons. The maximum absolute atomic E-state index is 12.7. The maximum Gasteiger partial charge on any atom is 0.317 e. The molecule has 0 aliphatic carbocycles. The lowest BCUT2D eigenvalue weighted by Gasteiger charge is -2.35. The topological polar surface area (TPSA) is 51.4 Å². The van der Waals surface area contributed by atoms with Gasteiger partial charge in [0, 0.05) is 61.4 Å². The number of para-hydroxylation sites is 1. The maximum atomic E-state index is 12.7. The quantitative estimate of drug-likeness (QED) is 0.839. The van der Waals surface area contributed by atoms with E-state index in [2.05, 4.69) is 65.6 Å². The predicted molar refractivity (Wildman–Crippen MR) is 115 cm³/mol. The van der Waals surface area contributed by atoms with Gasteiger partial charge in [-0.1, -0.05) is 38.1 Å². The average molecular weight is 381 g/mol. The third-order valence-corrected chi connectivity index (χ3v) is 5.97. The number of hydrogen-bond donors (Lipinski definition) is 2. The lowest BCUT2D eigenvalue weighted by molar-refractivity contribution is 0.166. The fourth-order valence-electron chi connectivity index (χ4n) is 4.48. The van der Waals surface area contributed by atoms with Crippen LogP contribution in [0.2, 0.25) is 0 Å². The molecule has 2 N–H and O–H groups in total. The SMILES string of the molecule is CC(C)CN1CCC(NC(=O)N2CC=C(c3c[nH]c4ccccc34)CC2)CC1. The van der Waals surface area contributed by atoms with Crippen LogP contribution in [0.25, 0.3) is 16.5 Å². The Bertz CT molecular complexity index is 845. The first kappa shape index (κ1) is 19.1. The van der Waals surface area contributed by atoms with Crippen LogP contribution in [0.5, 0.6) is 0 Å². The van der Waals surface area contributed by atoms with E-state index in [1.165, 1.54) is 22.0 Å². The third kappa shape index (κ3) is 4.25. The number of amides is 2. The van der Waals surface area contributed by atoms with Crippen LogP contribution in [0.4, 0.5) is 4.79 Å². The highest BCUT2D eigenvalue weighted by molar-refractivity contribution is 5.93. The molecule has 2 aromatic rings. The number of piperidine rings is 1. The molecule has 0 saturated carbocycles. The number of aromatic nitrogens is 1. The van der Waals surface area contributed by atoms with Gasteiger partial charge in [-0.25, -0.2) is 4.79 Å². The van der Waals surface area contributed by atoms with Crippen molar-refractivity contribution in [3.8, 4) is 0 Å². The minimum absolute atomic E-state index is 0.0940. The van der Waals surface area contributed by atoms with Crippen molar-refractivity contribution in [2.75, 3.05) is 32.7 Å². The van der Waals surface area contributed by atoms with Gasteiger partial charge in [0.15, 0.2) is 0 Å². The molecule has 4 rings (SSSR count). The predicted octanol–water partition coefficient (Wildman–Crippen LogP) is 4.09. The summed E-state index contributed by atoms with van der Waals surface area (Å²) in [7, 11) is 0. The summed E-state index contributed by atoms with van der Waals surface area (Å²) in [6, 6.07) is 8.81. The summed E-state index contributed by atoms with van der Waals surface area (Å²) in [4.78, 5) is 20.5. The van der Waals surface area contributed by atoms with E-state index in [-0.39, 0.29) is 6.03 Å². The molecule has 2 aliphatic heterocycles. The van der Waals surface area contributed by atoms with Crippen molar-refractivity contribution in [1.82, 2.24) is 20.1 Å². The molecule has 1 aromatic heterocycles. The van der Waals surface area contributed by atoms with Gasteiger partial charge in [0.25, 0.3) is 0 Å². The molecule has 5 nitrogen and oxygen atoms in total. The molecule has 150 valence electrons. The Hall–Kier alpha value is -2.27. The molecule has 2 aliphatic rings. The van der Waals surface area contributed by atoms with Gasteiger partial charge >= 0.3 is 6.03 Å². The molecule has 1 aromatic carbocycles. The Morgan fingerprint density at radius 1 is 1.21 bits per heavy atom. The van der Waals surface area contributed by atoms with Crippen LogP contribution < -0.4 is 5.32 Å². The van der Waals surface area contributed by atoms with Gasteiger partial charge in [0.05, 0.1) is 0 Å². The van der Waals surface area contributed by atoms with Gasteiger partial charge in [-0.15, -0.1) is 0 Å². The molecule has 5 heteroatoms. The van der Waals surface area contributed by atoms with E-state index in [9.17, 15) is 4.79 Å². The number of carbonyl (C=O) groups is 1. The molecule has 0 unspecified atom stereocenters. The van der Waals surface area contributed by atoms with E-state index in [1.807, 2.05) is 4.90 Å². The van der Waals surface area contributed by atoms with Gasteiger partial charge < -0.3 is 20.1 Å². The second kappa shape index (κ2) is 8.39. The van der Waals surface area contributed by atoms with Crippen LogP contribution in [0.1, 0.15) is 38.7 Å². The molecule has 1 saturated heterocycles. The van der Waals surface area contributed by atoms with Gasteiger partial charge in [0.2, 0.25) is 0 Å². The average Bonchev–Trinajstić information content (AvgIpc) is 3.13. The highest BCUT2D eigenvalue weighted by Gasteiger charge is 2.24. The van der Waals surface area contributed by atoms with Crippen molar-refractivity contribution >= 4 is 22.5 Å². The molecule has 0 spiro atoms. The Morgan fingerprint density at radius 2 is 2.00 bits per heavy atom. The van der Waals surface area contributed by atoms with E-state index in [0.29, 0.717) is 18.5 Å². The van der Waals surface area contributed by atoms with Crippen LogP contribution in [-0.2, 0) is 0 Å². The Labute approximate surface area is 167 Å². The number of aromatic amines is 1. The summed E-state index contributed by atoms with van der Waals surface area (Å²) in [5, 5.41) is 4.53. The number of urea groups is 1. The second-order valence-electron chi connectivity index (χ2n) is 8.59. The molecule has 2 amide bonds. The largest absolute Gasteiger partial charge is 0.361 e. The first-order valence-electron chi connectivity index (χ1n) is 10.6. The molecule has 0 bridgehead atoms. The Kier molecular flexibility index (Phi) is 5.72. The molecular formula is C23H32N4O. The normalized spacial score (nSPS) is 19.2. The summed E-state index contributed by atoms with van der Waals surface area (Å²) in [5.74, 6) is 0.706. The Balaban J connectivity index is 1.30. The van der Waals surface area contributed by atoms with Gasteiger partial charge in [-0.2, -0.15) is 0 Å². The number of H-pyrrole nitrogens is 1. The van der Waals surface area contributed by atoms with Crippen molar-refractivity contribution < 1.29 is 4.79 Å². The first-order valence-corrected chi connectivity index (χ1v) is 10.6. The highest BCUT2D eigenvalue weighted by atomic mass is 16.2. The summed E-state index contributed by atoms with van der Waals surface area (Å²) < 4.78 is 0. The zero-order chi connectivity index (χ0) is 19.5. The summed E-state index contributed by atoms with van der Waals surface area (Å²) >= 11 is 0. The number of likely N-dealkylation sites (tertiary alicyclic amines) is 1. The van der Waals surface area contributed by atoms with Crippen molar-refractivity contribution in [3.05, 3.63) is 42.1 Å². The van der Waals surface area contributed by atoms with Gasteiger partial charge in [0.1, 0.15) is 0 Å². The van der Waals surface area contributed by atoms with E-state index in [1.54, 1.807) is 0 Å². The zero-order valence-electron chi connectivity index (χ0n) is 17.1. The number of nitrogens with one attached hydrogen (secondary N) is 2. The van der Waals surface area contributed by atoms with E-state index >= 15 is 0 Å². The van der Waals surface area contributed by atoms with Crippen molar-refractivity contribution in [1.29, 1.82) is 0 Å². The van der Waals surface area contributed by atoms with Crippen LogP contribution >= 0.6 is 0 Å². The summed E-state index contributed by atoms with van der Waals surface area (Å²) in [6.07, 6.45) is 7.33. The molecule has 28 heavy (non-hydrogen) atoms. The molecule has 1 fully saturated rings. The zero-order valence-corrected chi connectivity index (χ0v) is 17.1. The highest BCUT2D eigenvalue weighted by Crippen LogP contribution is 2.29. The summed E-state index contributed by atoms with van der Waals surface area (Å²) in [6.45, 7) is 9.34. The van der Waals surface area contributed by atoms with Crippen LogP contribution in [-0.4, -0.2) is 59.6 Å². The monoisotopic (exact) mass is 380 g/mol. The van der Waals surface area contributed by atoms with Crippen molar-refractivity contribution in [2.45, 2.75) is 39.2 Å². The third-order valence-electron chi connectivity index (χ3n) is 5.97. The van der Waals surface area contributed by atoms with Crippen LogP contribution in [0.3, 0.4) is 0 Å². The van der Waals surface area contributed by atoms with Crippen molar-refractivity contribution in [3.63, 3.8) is 0 Å². The number of benzene rings is 1. The number of fused-ring (bicyclic) bond motifs is 1. The molecule has 3 heterocycles. The minimum Gasteiger partial charge on any atom is -0.361 e. The smallest absolute Gasteiger partial charge is 0.317 e. The van der Waals surface area contributed by atoms with E-state index < -0.39 is 0 Å². The fourth-order valence-corrected chi connectivity index (χ4v) is 4.48. The molecular weight excluding hydrogens is 348 g/mol. The standard InChI is InChI=1S/C23H32N4O/c1-17(2)16-26-11-9-19(10-12-26)25-23(28)27-13-7-18(8-14-27)21-15-24-22-6-4-3-5-20(21)22/h3-7,15,17,19,24H,8-14,16H2,1-2H3,(H,25,28). The van der Waals surface area contributed by atoms with Crippen molar-refractivity contribution in [2.24, 2.45) is 5.92 Å². The summed E-state index contributed by atoms with van der Waals surface area (Å²) in [5.41, 5.74) is 3.78. The fraction of sp³-hybridized carbons (Fsp3) is 0.522.